The Bertz CT molecular complexity index is 1590. The highest BCUT2D eigenvalue weighted by atomic mass is 32.2. The molecule has 4 aromatic carbocycles. The standard InChI is InChI=1S/C36H38O8S/c1-39-27-15-9-7-13-25(27)21-23-33(35-29(41-3)17-11-18-30(35)42-4)45(37,38)34(24-22-26-14-8-10-16-28(26)40-2)36-31(43-5)19-12-20-32(36)44-6/h7-24,33-34H,1-6H3/b23-21+,24-22+. The molecule has 0 fully saturated rings. The van der Waals surface area contributed by atoms with Gasteiger partial charge in [-0.3, -0.25) is 0 Å². The number of methoxy groups -OCH3 is 6. The quantitative estimate of drug-likeness (QED) is 0.143. The molecule has 0 N–H and O–H groups in total. The second kappa shape index (κ2) is 15.2. The Kier molecular flexibility index (Phi) is 11.2. The average Bonchev–Trinajstić information content (AvgIpc) is 3.08. The molecule has 9 heteroatoms. The number of ether oxygens (including phenoxy) is 6. The largest absolute Gasteiger partial charge is 0.496 e. The Morgan fingerprint density at radius 3 is 1.04 bits per heavy atom. The van der Waals surface area contributed by atoms with Gasteiger partial charge >= 0.3 is 0 Å². The molecule has 45 heavy (non-hydrogen) atoms. The van der Waals surface area contributed by atoms with Gasteiger partial charge in [0.15, 0.2) is 9.84 Å². The first-order chi connectivity index (χ1) is 21.8. The van der Waals surface area contributed by atoms with Gasteiger partial charge in [-0.1, -0.05) is 72.8 Å². The van der Waals surface area contributed by atoms with E-state index in [1.54, 1.807) is 74.9 Å². The monoisotopic (exact) mass is 630 g/mol. The molecule has 0 aliphatic rings. The fraction of sp³-hybridized carbons (Fsp3) is 0.222. The zero-order chi connectivity index (χ0) is 32.4. The Morgan fingerprint density at radius 2 is 0.733 bits per heavy atom. The molecule has 0 aromatic heterocycles. The third kappa shape index (κ3) is 7.10. The smallest absolute Gasteiger partial charge is 0.172 e. The van der Waals surface area contributed by atoms with Gasteiger partial charge < -0.3 is 28.4 Å². The number of sulfone groups is 1. The van der Waals surface area contributed by atoms with E-state index in [1.807, 2.05) is 48.5 Å². The predicted molar refractivity (Wildman–Crippen MR) is 178 cm³/mol. The number of rotatable bonds is 14. The van der Waals surface area contributed by atoms with Gasteiger partial charge in [0.25, 0.3) is 0 Å². The molecule has 0 bridgehead atoms. The summed E-state index contributed by atoms with van der Waals surface area (Å²) in [4.78, 5) is 0. The van der Waals surface area contributed by atoms with Crippen molar-refractivity contribution in [1.29, 1.82) is 0 Å². The van der Waals surface area contributed by atoms with Crippen LogP contribution in [0.1, 0.15) is 32.8 Å². The van der Waals surface area contributed by atoms with E-state index in [0.717, 1.165) is 0 Å². The lowest BCUT2D eigenvalue weighted by Gasteiger charge is -2.26. The van der Waals surface area contributed by atoms with Crippen molar-refractivity contribution in [3.63, 3.8) is 0 Å². The summed E-state index contributed by atoms with van der Waals surface area (Å²) in [7, 11) is 4.86. The molecule has 0 heterocycles. The van der Waals surface area contributed by atoms with E-state index >= 15 is 8.42 Å². The normalized spacial score (nSPS) is 12.9. The molecule has 0 saturated heterocycles. The number of hydrogen-bond donors (Lipinski definition) is 0. The van der Waals surface area contributed by atoms with Crippen molar-refractivity contribution >= 4 is 22.0 Å². The topological polar surface area (TPSA) is 89.5 Å². The molecule has 0 saturated carbocycles. The first-order valence-electron chi connectivity index (χ1n) is 14.1. The van der Waals surface area contributed by atoms with Gasteiger partial charge in [0.2, 0.25) is 0 Å². The SMILES string of the molecule is COc1ccccc1/C=C/C(c1c(OC)cccc1OC)S(=O)(=O)C(/C=C/c1ccccc1OC)c1c(OC)cccc1OC. The Morgan fingerprint density at radius 1 is 0.444 bits per heavy atom. The minimum absolute atomic E-state index is 0.346. The van der Waals surface area contributed by atoms with Crippen LogP contribution in [0.15, 0.2) is 97.1 Å². The van der Waals surface area contributed by atoms with Gasteiger partial charge in [-0.05, 0) is 36.4 Å². The maximum Gasteiger partial charge on any atom is 0.172 e. The van der Waals surface area contributed by atoms with Gasteiger partial charge in [0.1, 0.15) is 45.0 Å². The minimum atomic E-state index is -4.25. The number of benzene rings is 4. The summed E-state index contributed by atoms with van der Waals surface area (Å²) in [6, 6.07) is 25.1. The van der Waals surface area contributed by atoms with Crippen molar-refractivity contribution in [3.05, 3.63) is 119 Å². The van der Waals surface area contributed by atoms with E-state index in [2.05, 4.69) is 0 Å². The van der Waals surface area contributed by atoms with E-state index in [0.29, 0.717) is 56.8 Å². The van der Waals surface area contributed by atoms with Crippen LogP contribution in [0.25, 0.3) is 12.2 Å². The molecule has 2 atom stereocenters. The summed E-state index contributed by atoms with van der Waals surface area (Å²) in [5.41, 5.74) is 2.09. The van der Waals surface area contributed by atoms with Crippen molar-refractivity contribution in [2.75, 3.05) is 42.7 Å². The van der Waals surface area contributed by atoms with Gasteiger partial charge in [-0.15, -0.1) is 0 Å². The molecule has 0 amide bonds. The molecule has 4 aromatic rings. The highest BCUT2D eigenvalue weighted by molar-refractivity contribution is 7.92. The number of hydrogen-bond acceptors (Lipinski definition) is 8. The van der Waals surface area contributed by atoms with Gasteiger partial charge in [-0.25, -0.2) is 8.42 Å². The molecule has 2 unspecified atom stereocenters. The summed E-state index contributed by atoms with van der Waals surface area (Å²) in [6.45, 7) is 0. The van der Waals surface area contributed by atoms with Crippen LogP contribution in [-0.2, 0) is 9.84 Å². The molecule has 0 aliphatic carbocycles. The molecule has 0 aliphatic heterocycles. The lowest BCUT2D eigenvalue weighted by molar-refractivity contribution is 0.384. The van der Waals surface area contributed by atoms with Crippen LogP contribution in [-0.4, -0.2) is 51.1 Å². The van der Waals surface area contributed by atoms with Gasteiger partial charge in [0, 0.05) is 11.1 Å². The van der Waals surface area contributed by atoms with Gasteiger partial charge in [-0.2, -0.15) is 0 Å². The summed E-state index contributed by atoms with van der Waals surface area (Å²) in [5.74, 6) is 2.60. The molecule has 4 rings (SSSR count). The van der Waals surface area contributed by atoms with Crippen molar-refractivity contribution in [2.45, 2.75) is 10.5 Å². The average molecular weight is 631 g/mol. The van der Waals surface area contributed by atoms with Crippen molar-refractivity contribution in [1.82, 2.24) is 0 Å². The molecule has 236 valence electrons. The van der Waals surface area contributed by atoms with Crippen LogP contribution >= 0.6 is 0 Å². The van der Waals surface area contributed by atoms with Crippen LogP contribution in [0.4, 0.5) is 0 Å². The van der Waals surface area contributed by atoms with E-state index in [4.69, 9.17) is 28.4 Å². The van der Waals surface area contributed by atoms with Crippen LogP contribution in [0.3, 0.4) is 0 Å². The predicted octanol–water partition coefficient (Wildman–Crippen LogP) is 7.36. The van der Waals surface area contributed by atoms with Crippen molar-refractivity contribution < 1.29 is 36.8 Å². The van der Waals surface area contributed by atoms with Crippen LogP contribution in [0, 0.1) is 0 Å². The highest BCUT2D eigenvalue weighted by Crippen LogP contribution is 2.48. The van der Waals surface area contributed by atoms with E-state index in [9.17, 15) is 0 Å². The zero-order valence-corrected chi connectivity index (χ0v) is 27.0. The second-order valence-corrected chi connectivity index (χ2v) is 12.0. The molecule has 8 nitrogen and oxygen atoms in total. The first kappa shape index (κ1) is 33.0. The maximum atomic E-state index is 15.3. The van der Waals surface area contributed by atoms with Crippen LogP contribution in [0.5, 0.6) is 34.5 Å². The van der Waals surface area contributed by atoms with E-state index < -0.39 is 20.3 Å². The van der Waals surface area contributed by atoms with Crippen molar-refractivity contribution in [2.24, 2.45) is 0 Å². The first-order valence-corrected chi connectivity index (χ1v) is 15.7. The highest BCUT2D eigenvalue weighted by Gasteiger charge is 2.39. The van der Waals surface area contributed by atoms with E-state index in [-0.39, 0.29) is 0 Å². The minimum Gasteiger partial charge on any atom is -0.496 e. The Labute approximate surface area is 265 Å². The van der Waals surface area contributed by atoms with E-state index in [1.165, 1.54) is 28.4 Å². The van der Waals surface area contributed by atoms with Gasteiger partial charge in [0.05, 0.1) is 53.8 Å². The van der Waals surface area contributed by atoms with Crippen molar-refractivity contribution in [3.8, 4) is 34.5 Å². The second-order valence-electron chi connectivity index (χ2n) is 9.78. The van der Waals surface area contributed by atoms with Crippen LogP contribution in [0.2, 0.25) is 0 Å². The number of para-hydroxylation sites is 2. The fourth-order valence-corrected chi connectivity index (χ4v) is 7.24. The fourth-order valence-electron chi connectivity index (χ4n) is 5.21. The molecule has 0 spiro atoms. The third-order valence-electron chi connectivity index (χ3n) is 7.39. The summed E-state index contributed by atoms with van der Waals surface area (Å²) in [6.07, 6.45) is 6.71. The lowest BCUT2D eigenvalue weighted by atomic mass is 10.1. The third-order valence-corrected chi connectivity index (χ3v) is 9.59. The van der Waals surface area contributed by atoms with Crippen LogP contribution < -0.4 is 28.4 Å². The lowest BCUT2D eigenvalue weighted by Crippen LogP contribution is -2.21. The Balaban J connectivity index is 2.05. The Hall–Kier alpha value is -4.89. The summed E-state index contributed by atoms with van der Waals surface area (Å²) >= 11 is 0. The zero-order valence-electron chi connectivity index (χ0n) is 26.2. The maximum absolute atomic E-state index is 15.3. The summed E-state index contributed by atoms with van der Waals surface area (Å²) in [5, 5.41) is -2.51. The summed E-state index contributed by atoms with van der Waals surface area (Å²) < 4.78 is 64.5. The molecule has 0 radical (unpaired) electrons. The molecular weight excluding hydrogens is 592 g/mol. The molecular formula is C36H38O8S.